The monoisotopic (exact) mass is 651 g/mol. The highest BCUT2D eigenvalue weighted by molar-refractivity contribution is 6.25. The van der Waals surface area contributed by atoms with E-state index < -0.39 is 29.6 Å². The molecule has 0 saturated carbocycles. The van der Waals surface area contributed by atoms with E-state index in [4.69, 9.17) is 27.5 Å². The van der Waals surface area contributed by atoms with Crippen LogP contribution in [0.5, 0.6) is 0 Å². The number of rotatable bonds is 9. The molecule has 0 aliphatic carbocycles. The number of halogens is 1. The summed E-state index contributed by atoms with van der Waals surface area (Å²) in [5.74, 6) is -2.87. The van der Waals surface area contributed by atoms with Gasteiger partial charge in [0.05, 0.1) is 12.4 Å². The lowest BCUT2D eigenvalue weighted by molar-refractivity contribution is -0.138. The lowest BCUT2D eigenvalue weighted by Crippen LogP contribution is -2.22. The zero-order valence-corrected chi connectivity index (χ0v) is 26.3. The fourth-order valence-corrected chi connectivity index (χ4v) is 3.43. The zero-order chi connectivity index (χ0) is 34.3. The van der Waals surface area contributed by atoms with Gasteiger partial charge in [-0.15, -0.1) is 0 Å². The van der Waals surface area contributed by atoms with Crippen molar-refractivity contribution in [3.63, 3.8) is 0 Å². The van der Waals surface area contributed by atoms with E-state index in [2.05, 4.69) is 67.7 Å². The number of aliphatic carboxylic acids is 2. The summed E-state index contributed by atoms with van der Waals surface area (Å²) in [6.45, 7) is 15.9. The van der Waals surface area contributed by atoms with Crippen LogP contribution in [0, 0.1) is 5.92 Å². The molecule has 7 N–H and O–H groups in total. The van der Waals surface area contributed by atoms with Crippen molar-refractivity contribution in [2.45, 2.75) is 47.7 Å². The van der Waals surface area contributed by atoms with Gasteiger partial charge in [-0.2, -0.15) is 20.2 Å². The number of nitrogens with one attached hydrogen (secondary N) is 3. The second-order valence-corrected chi connectivity index (χ2v) is 9.46. The average molecular weight is 652 g/mol. The minimum Gasteiger partial charge on any atom is -0.480 e. The molecular formula is C26H38ClN11O7. The molecule has 0 aliphatic heterocycles. The van der Waals surface area contributed by atoms with Crippen LogP contribution in [-0.2, 0) is 27.5 Å². The molecule has 0 aliphatic rings. The van der Waals surface area contributed by atoms with E-state index in [1.54, 1.807) is 13.8 Å². The van der Waals surface area contributed by atoms with Crippen molar-refractivity contribution < 1.29 is 24.6 Å². The van der Waals surface area contributed by atoms with Gasteiger partial charge in [-0.05, 0) is 25.2 Å². The molecule has 4 aromatic rings. The normalized spacial score (nSPS) is 10.3. The molecule has 0 saturated heterocycles. The molecule has 4 aromatic heterocycles. The maximum absolute atomic E-state index is 11.8. The predicted octanol–water partition coefficient (Wildman–Crippen LogP) is 1.30. The third kappa shape index (κ3) is 11.8. The highest BCUT2D eigenvalue weighted by atomic mass is 35.5. The van der Waals surface area contributed by atoms with Crippen molar-refractivity contribution in [1.29, 1.82) is 0 Å². The predicted molar refractivity (Wildman–Crippen MR) is 169 cm³/mol. The Morgan fingerprint density at radius 1 is 0.956 bits per heavy atom. The smallest absolute Gasteiger partial charge is 0.325 e. The molecule has 0 bridgehead atoms. The first-order chi connectivity index (χ1) is 21.2. The number of amides is 1. The van der Waals surface area contributed by atoms with Crippen LogP contribution < -0.4 is 22.2 Å². The van der Waals surface area contributed by atoms with Crippen molar-refractivity contribution in [3.8, 4) is 0 Å². The molecule has 4 rings (SSSR count). The quantitative estimate of drug-likeness (QED) is 0.149. The molecule has 0 fully saturated rings. The van der Waals surface area contributed by atoms with Crippen LogP contribution in [0.1, 0.15) is 34.6 Å². The highest BCUT2D eigenvalue weighted by Gasteiger charge is 2.15. The second kappa shape index (κ2) is 18.5. The standard InChI is InChI=1S/C11H13N5O4.C7H7N5O3.C6H15N.C2H3Cl/c1-5(2)9(19)14-11-13-8-6(10(20)15-11)3-12-16(8)4-7(17)18;8-7-10-5-3(6(15)11-7)1-9-12(5)2-4(13)14;1-4-7(5-2)6-3;1-2-3/h3,5H,4H2,1-2H3,(H,17,18)(H2,13,14,15,19,20);1H,2H2,(H,13,14)(H3,8,10,11,15);4-6H2,1-3H3;2H,1H2. The van der Waals surface area contributed by atoms with Gasteiger partial charge in [0.15, 0.2) is 11.3 Å². The molecule has 45 heavy (non-hydrogen) atoms. The lowest BCUT2D eigenvalue weighted by atomic mass is 10.2. The van der Waals surface area contributed by atoms with Gasteiger partial charge in [0.2, 0.25) is 17.8 Å². The summed E-state index contributed by atoms with van der Waals surface area (Å²) in [6.07, 6.45) is 2.49. The highest BCUT2D eigenvalue weighted by Crippen LogP contribution is 2.09. The Morgan fingerprint density at radius 3 is 1.76 bits per heavy atom. The Morgan fingerprint density at radius 2 is 1.38 bits per heavy atom. The van der Waals surface area contributed by atoms with E-state index in [1.807, 2.05) is 0 Å². The summed E-state index contributed by atoms with van der Waals surface area (Å²) in [4.78, 5) is 70.8. The number of nitrogens with zero attached hydrogens (tertiary/aromatic N) is 7. The molecule has 19 heteroatoms. The molecule has 4 heterocycles. The topological polar surface area (TPSA) is 260 Å². The molecule has 0 atom stereocenters. The van der Waals surface area contributed by atoms with Crippen LogP contribution in [0.25, 0.3) is 22.1 Å². The number of anilines is 2. The van der Waals surface area contributed by atoms with Gasteiger partial charge >= 0.3 is 11.9 Å². The van der Waals surface area contributed by atoms with Gasteiger partial charge in [0.1, 0.15) is 23.9 Å². The van der Waals surface area contributed by atoms with E-state index in [0.29, 0.717) is 0 Å². The molecule has 0 aromatic carbocycles. The Bertz CT molecular complexity index is 1700. The number of carboxylic acids is 2. The fraction of sp³-hybridized carbons (Fsp3) is 0.423. The second-order valence-electron chi connectivity index (χ2n) is 9.15. The first-order valence-corrected chi connectivity index (χ1v) is 14.0. The van der Waals surface area contributed by atoms with Crippen molar-refractivity contribution in [1.82, 2.24) is 44.4 Å². The molecule has 246 valence electrons. The fourth-order valence-electron chi connectivity index (χ4n) is 3.43. The van der Waals surface area contributed by atoms with Gasteiger partial charge in [0, 0.05) is 5.92 Å². The lowest BCUT2D eigenvalue weighted by Gasteiger charge is -2.13. The SMILES string of the molecule is C=CCl.CC(C)C(=O)Nc1nc2c(cnn2CC(=O)O)c(=O)[nH]1.CCN(CC)CC.Nc1nc2c(cnn2CC(=O)O)c(=O)[nH]1. The van der Waals surface area contributed by atoms with E-state index >= 15 is 0 Å². The zero-order valence-electron chi connectivity index (χ0n) is 25.6. The van der Waals surface area contributed by atoms with Crippen LogP contribution in [0.2, 0.25) is 0 Å². The number of aromatic amines is 2. The maximum Gasteiger partial charge on any atom is 0.325 e. The summed E-state index contributed by atoms with van der Waals surface area (Å²) in [6, 6.07) is 0. The number of carbonyl (C=O) groups is 3. The van der Waals surface area contributed by atoms with E-state index in [9.17, 15) is 24.0 Å². The number of fused-ring (bicyclic) bond motifs is 2. The maximum atomic E-state index is 11.8. The van der Waals surface area contributed by atoms with Gasteiger partial charge in [-0.25, -0.2) is 9.36 Å². The summed E-state index contributed by atoms with van der Waals surface area (Å²) < 4.78 is 2.18. The van der Waals surface area contributed by atoms with Crippen LogP contribution >= 0.6 is 11.6 Å². The molecule has 0 radical (unpaired) electrons. The average Bonchev–Trinajstić information content (AvgIpc) is 3.54. The summed E-state index contributed by atoms with van der Waals surface area (Å²) >= 11 is 4.76. The molecule has 18 nitrogen and oxygen atoms in total. The molecular weight excluding hydrogens is 614 g/mol. The number of aromatic nitrogens is 8. The van der Waals surface area contributed by atoms with Gasteiger partial charge in [-0.3, -0.25) is 39.3 Å². The van der Waals surface area contributed by atoms with Gasteiger partial charge < -0.3 is 20.8 Å². The van der Waals surface area contributed by atoms with E-state index in [0.717, 1.165) is 9.36 Å². The number of nitrogen functional groups attached to an aromatic ring is 1. The van der Waals surface area contributed by atoms with Crippen molar-refractivity contribution in [3.05, 3.63) is 45.2 Å². The Hall–Kier alpha value is -5.10. The van der Waals surface area contributed by atoms with Crippen molar-refractivity contribution in [2.24, 2.45) is 5.92 Å². The number of carbonyl (C=O) groups excluding carboxylic acids is 1. The molecule has 0 spiro atoms. The van der Waals surface area contributed by atoms with Crippen LogP contribution in [0.3, 0.4) is 0 Å². The summed E-state index contributed by atoms with van der Waals surface area (Å²) in [5.41, 5.74) is 5.89. The van der Waals surface area contributed by atoms with Crippen LogP contribution in [-0.4, -0.2) is 92.1 Å². The van der Waals surface area contributed by atoms with Crippen LogP contribution in [0.4, 0.5) is 11.9 Å². The Labute approximate surface area is 261 Å². The third-order valence-electron chi connectivity index (χ3n) is 5.71. The van der Waals surface area contributed by atoms with Gasteiger partial charge in [0.25, 0.3) is 11.1 Å². The number of nitrogens with two attached hydrogens (primary N) is 1. The minimum absolute atomic E-state index is 0.0339. The number of hydrogen-bond acceptors (Lipinski definition) is 11. The van der Waals surface area contributed by atoms with Crippen LogP contribution in [0.15, 0.2) is 34.1 Å². The summed E-state index contributed by atoms with van der Waals surface area (Å²) in [7, 11) is 0. The number of carboxylic acid groups (broad SMARTS) is 2. The summed E-state index contributed by atoms with van der Waals surface area (Å²) in [5, 5.41) is 27.7. The largest absolute Gasteiger partial charge is 0.480 e. The van der Waals surface area contributed by atoms with Crippen molar-refractivity contribution >= 4 is 63.4 Å². The Kier molecular flexibility index (Phi) is 15.6. The number of hydrogen-bond donors (Lipinski definition) is 6. The molecule has 0 unspecified atom stereocenters. The third-order valence-corrected chi connectivity index (χ3v) is 5.71. The van der Waals surface area contributed by atoms with Gasteiger partial charge in [-0.1, -0.05) is 52.8 Å². The first-order valence-electron chi connectivity index (χ1n) is 13.6. The van der Waals surface area contributed by atoms with Crippen molar-refractivity contribution in [2.75, 3.05) is 30.7 Å². The minimum atomic E-state index is -1.11. The van der Waals surface area contributed by atoms with E-state index in [1.165, 1.54) is 37.6 Å². The van der Waals surface area contributed by atoms with E-state index in [-0.39, 0.29) is 52.3 Å². The number of H-pyrrole nitrogens is 2. The Balaban J connectivity index is 0.000000355. The molecule has 1 amide bonds. The first kappa shape index (κ1) is 37.9.